The molecule has 2 aromatic rings. The van der Waals surface area contributed by atoms with Gasteiger partial charge in [-0.05, 0) is 25.0 Å². The Morgan fingerprint density at radius 1 is 1.29 bits per heavy atom. The first-order valence-electron chi connectivity index (χ1n) is 7.47. The Kier molecular flexibility index (Phi) is 3.89. The second-order valence-corrected chi connectivity index (χ2v) is 6.40. The van der Waals surface area contributed by atoms with E-state index in [-0.39, 0.29) is 0 Å². The van der Waals surface area contributed by atoms with Crippen LogP contribution in [0.1, 0.15) is 44.3 Å². The maximum atomic E-state index is 11.8. The van der Waals surface area contributed by atoms with Crippen LogP contribution in [0.4, 0.5) is 0 Å². The first-order chi connectivity index (χ1) is 10.1. The topological polar surface area (TPSA) is 66.0 Å². The number of fused-ring (bicyclic) bond motifs is 1. The smallest absolute Gasteiger partial charge is 0.310 e. The highest BCUT2D eigenvalue weighted by atomic mass is 35.5. The number of nitrogens with one attached hydrogen (secondary N) is 1. The summed E-state index contributed by atoms with van der Waals surface area (Å²) in [7, 11) is 0. The molecule has 1 aliphatic carbocycles. The Balaban J connectivity index is 1.94. The maximum absolute atomic E-state index is 11.8. The Morgan fingerprint density at radius 3 is 2.62 bits per heavy atom. The molecule has 0 bridgehead atoms. The molecule has 1 aliphatic rings. The molecule has 0 aliphatic heterocycles. The van der Waals surface area contributed by atoms with Gasteiger partial charge in [-0.2, -0.15) is 0 Å². The van der Waals surface area contributed by atoms with Crippen molar-refractivity contribution in [3.8, 4) is 0 Å². The molecule has 1 aromatic heterocycles. The van der Waals surface area contributed by atoms with Gasteiger partial charge in [0.15, 0.2) is 0 Å². The molecule has 21 heavy (non-hydrogen) atoms. The number of halogens is 1. The number of carboxylic acids is 1. The van der Waals surface area contributed by atoms with E-state index in [1.807, 2.05) is 12.1 Å². The van der Waals surface area contributed by atoms with E-state index in [9.17, 15) is 9.90 Å². The summed E-state index contributed by atoms with van der Waals surface area (Å²) in [6.45, 7) is 0. The van der Waals surface area contributed by atoms with Crippen LogP contribution in [-0.4, -0.2) is 21.0 Å². The Bertz CT molecular complexity index is 657. The lowest BCUT2D eigenvalue weighted by atomic mass is 9.77. The molecule has 4 nitrogen and oxygen atoms in total. The molecule has 112 valence electrons. The summed E-state index contributed by atoms with van der Waals surface area (Å²) in [6, 6.07) is 5.58. The molecular weight excluding hydrogens is 288 g/mol. The SMILES string of the molecule is O=C(O)C1(Cc2nc3c(Cl)cccc3[nH]2)CCCCCC1. The summed E-state index contributed by atoms with van der Waals surface area (Å²) in [5, 5.41) is 10.3. The minimum absolute atomic E-state index is 0.452. The van der Waals surface area contributed by atoms with Crippen LogP contribution in [0.3, 0.4) is 0 Å². The highest BCUT2D eigenvalue weighted by Crippen LogP contribution is 2.38. The minimum Gasteiger partial charge on any atom is -0.481 e. The number of hydrogen-bond acceptors (Lipinski definition) is 2. The van der Waals surface area contributed by atoms with E-state index >= 15 is 0 Å². The number of hydrogen-bond donors (Lipinski definition) is 2. The number of H-pyrrole nitrogens is 1. The second kappa shape index (κ2) is 5.68. The second-order valence-electron chi connectivity index (χ2n) is 6.00. The number of carbonyl (C=O) groups is 1. The number of aromatic amines is 1. The highest BCUT2D eigenvalue weighted by molar-refractivity contribution is 6.34. The van der Waals surface area contributed by atoms with Crippen LogP contribution in [0.2, 0.25) is 5.02 Å². The van der Waals surface area contributed by atoms with Gasteiger partial charge < -0.3 is 10.1 Å². The number of aliphatic carboxylic acids is 1. The molecule has 0 unspecified atom stereocenters. The monoisotopic (exact) mass is 306 g/mol. The van der Waals surface area contributed by atoms with Crippen molar-refractivity contribution in [2.45, 2.75) is 44.9 Å². The zero-order valence-electron chi connectivity index (χ0n) is 11.9. The largest absolute Gasteiger partial charge is 0.481 e. The van der Waals surface area contributed by atoms with Crippen molar-refractivity contribution in [3.63, 3.8) is 0 Å². The summed E-state index contributed by atoms with van der Waals surface area (Å²) in [5.74, 6) is 0.0263. The first kappa shape index (κ1) is 14.4. The lowest BCUT2D eigenvalue weighted by Gasteiger charge is -2.26. The fourth-order valence-electron chi connectivity index (χ4n) is 3.32. The summed E-state index contributed by atoms with van der Waals surface area (Å²) in [4.78, 5) is 19.6. The van der Waals surface area contributed by atoms with Gasteiger partial charge in [0.25, 0.3) is 0 Å². The molecular formula is C16H19ClN2O2. The Labute approximate surface area is 128 Å². The zero-order chi connectivity index (χ0) is 14.9. The lowest BCUT2D eigenvalue weighted by Crippen LogP contribution is -2.33. The van der Waals surface area contributed by atoms with Crippen LogP contribution >= 0.6 is 11.6 Å². The molecule has 1 saturated carbocycles. The number of para-hydroxylation sites is 1. The third kappa shape index (κ3) is 2.77. The molecule has 2 N–H and O–H groups in total. The van der Waals surface area contributed by atoms with Gasteiger partial charge in [-0.15, -0.1) is 0 Å². The third-order valence-electron chi connectivity index (χ3n) is 4.53. The summed E-state index contributed by atoms with van der Waals surface area (Å²) in [6.07, 6.45) is 6.12. The molecule has 0 amide bonds. The van der Waals surface area contributed by atoms with E-state index < -0.39 is 11.4 Å². The molecule has 0 radical (unpaired) electrons. The van der Waals surface area contributed by atoms with Crippen molar-refractivity contribution in [3.05, 3.63) is 29.0 Å². The van der Waals surface area contributed by atoms with Crippen molar-refractivity contribution in [2.75, 3.05) is 0 Å². The van der Waals surface area contributed by atoms with Gasteiger partial charge in [-0.3, -0.25) is 4.79 Å². The molecule has 0 atom stereocenters. The predicted molar refractivity (Wildman–Crippen MR) is 82.6 cm³/mol. The van der Waals surface area contributed by atoms with Crippen molar-refractivity contribution in [1.82, 2.24) is 9.97 Å². The average molecular weight is 307 g/mol. The minimum atomic E-state index is -0.698. The van der Waals surface area contributed by atoms with Gasteiger partial charge in [0.1, 0.15) is 11.3 Å². The quantitative estimate of drug-likeness (QED) is 0.836. The number of imidazole rings is 1. The third-order valence-corrected chi connectivity index (χ3v) is 4.84. The Hall–Kier alpha value is -1.55. The number of aromatic nitrogens is 2. The lowest BCUT2D eigenvalue weighted by molar-refractivity contribution is -0.150. The van der Waals surface area contributed by atoms with Gasteiger partial charge in [0.2, 0.25) is 0 Å². The number of carboxylic acid groups (broad SMARTS) is 1. The fraction of sp³-hybridized carbons (Fsp3) is 0.500. The van der Waals surface area contributed by atoms with Gasteiger partial charge in [0.05, 0.1) is 16.0 Å². The van der Waals surface area contributed by atoms with Gasteiger partial charge >= 0.3 is 5.97 Å². The normalized spacial score (nSPS) is 18.5. The van der Waals surface area contributed by atoms with E-state index in [1.54, 1.807) is 6.07 Å². The highest BCUT2D eigenvalue weighted by Gasteiger charge is 2.39. The standard InChI is InChI=1S/C16H19ClN2O2/c17-11-6-5-7-12-14(11)19-13(18-12)10-16(15(20)21)8-3-1-2-4-9-16/h5-7H,1-4,8-10H2,(H,18,19)(H,20,21). The number of nitrogens with zero attached hydrogens (tertiary/aromatic N) is 1. The van der Waals surface area contributed by atoms with Crippen LogP contribution in [0.25, 0.3) is 11.0 Å². The van der Waals surface area contributed by atoms with Crippen LogP contribution < -0.4 is 0 Å². The average Bonchev–Trinajstić information content (AvgIpc) is 2.70. The fourth-order valence-corrected chi connectivity index (χ4v) is 3.54. The summed E-state index contributed by atoms with van der Waals surface area (Å²) in [5.41, 5.74) is 0.909. The maximum Gasteiger partial charge on any atom is 0.310 e. The van der Waals surface area contributed by atoms with Crippen molar-refractivity contribution >= 4 is 28.6 Å². The van der Waals surface area contributed by atoms with Crippen molar-refractivity contribution < 1.29 is 9.90 Å². The van der Waals surface area contributed by atoms with Crippen molar-refractivity contribution in [1.29, 1.82) is 0 Å². The summed E-state index contributed by atoms with van der Waals surface area (Å²) >= 11 is 6.14. The van der Waals surface area contributed by atoms with Crippen LogP contribution in [0, 0.1) is 5.41 Å². The number of rotatable bonds is 3. The molecule has 0 spiro atoms. The molecule has 0 saturated heterocycles. The predicted octanol–water partition coefficient (Wildman–Crippen LogP) is 4.18. The molecule has 1 fully saturated rings. The van der Waals surface area contributed by atoms with Gasteiger partial charge in [-0.25, -0.2) is 4.98 Å². The molecule has 1 aromatic carbocycles. The van der Waals surface area contributed by atoms with Crippen LogP contribution in [0.15, 0.2) is 18.2 Å². The van der Waals surface area contributed by atoms with Gasteiger partial charge in [0, 0.05) is 6.42 Å². The van der Waals surface area contributed by atoms with E-state index in [4.69, 9.17) is 11.6 Å². The zero-order valence-corrected chi connectivity index (χ0v) is 12.6. The Morgan fingerprint density at radius 2 is 2.00 bits per heavy atom. The summed E-state index contributed by atoms with van der Waals surface area (Å²) < 4.78 is 0. The van der Waals surface area contributed by atoms with E-state index in [2.05, 4.69) is 9.97 Å². The first-order valence-corrected chi connectivity index (χ1v) is 7.85. The van der Waals surface area contributed by atoms with E-state index in [1.165, 1.54) is 0 Å². The van der Waals surface area contributed by atoms with Crippen LogP contribution in [-0.2, 0) is 11.2 Å². The van der Waals surface area contributed by atoms with Crippen LogP contribution in [0.5, 0.6) is 0 Å². The molecule has 1 heterocycles. The van der Waals surface area contributed by atoms with Gasteiger partial charge in [-0.1, -0.05) is 43.4 Å². The van der Waals surface area contributed by atoms with E-state index in [0.717, 1.165) is 55.4 Å². The molecule has 3 rings (SSSR count). The molecule has 5 heteroatoms. The van der Waals surface area contributed by atoms with Crippen molar-refractivity contribution in [2.24, 2.45) is 5.41 Å². The number of benzene rings is 1. The van der Waals surface area contributed by atoms with E-state index in [0.29, 0.717) is 11.4 Å².